The van der Waals surface area contributed by atoms with Gasteiger partial charge in [0.25, 0.3) is 0 Å². The van der Waals surface area contributed by atoms with Gasteiger partial charge in [0.05, 0.1) is 6.42 Å². The summed E-state index contributed by atoms with van der Waals surface area (Å²) in [5.41, 5.74) is 7.89. The van der Waals surface area contributed by atoms with Crippen LogP contribution in [-0.2, 0) is 17.8 Å². The summed E-state index contributed by atoms with van der Waals surface area (Å²) in [6.07, 6.45) is 0.0183. The van der Waals surface area contributed by atoms with Crippen molar-refractivity contribution in [3.8, 4) is 5.75 Å². The summed E-state index contributed by atoms with van der Waals surface area (Å²) in [7, 11) is 0. The highest BCUT2D eigenvalue weighted by atomic mass is 16.5. The molecule has 5 heteroatoms. The van der Waals surface area contributed by atoms with Crippen LogP contribution in [-0.4, -0.2) is 16.9 Å². The van der Waals surface area contributed by atoms with Crippen LogP contribution >= 0.6 is 0 Å². The van der Waals surface area contributed by atoms with Crippen LogP contribution in [0, 0.1) is 5.41 Å². The number of carbonyl (C=O) groups is 1. The third-order valence-electron chi connectivity index (χ3n) is 3.90. The molecule has 0 bridgehead atoms. The quantitative estimate of drug-likeness (QED) is 0.476. The smallest absolute Gasteiger partial charge is 0.307 e. The monoisotopic (exact) mass is 334 g/mol. The Bertz CT molecular complexity index is 933. The Kier molecular flexibility index (Phi) is 4.66. The summed E-state index contributed by atoms with van der Waals surface area (Å²) < 4.78 is 5.82. The molecule has 0 aliphatic rings. The van der Waals surface area contributed by atoms with Crippen LogP contribution in [0.3, 0.4) is 0 Å². The summed E-state index contributed by atoms with van der Waals surface area (Å²) in [5.74, 6) is -0.0477. The Balaban J connectivity index is 1.71. The Morgan fingerprint density at radius 3 is 2.28 bits per heavy atom. The fourth-order valence-corrected chi connectivity index (χ4v) is 2.59. The number of carboxylic acid groups (broad SMARTS) is 1. The van der Waals surface area contributed by atoms with Gasteiger partial charge in [0.2, 0.25) is 0 Å². The molecule has 0 aromatic heterocycles. The minimum absolute atomic E-state index is 0.0183. The molecule has 0 aliphatic heterocycles. The molecule has 5 nitrogen and oxygen atoms in total. The minimum atomic E-state index is -0.838. The summed E-state index contributed by atoms with van der Waals surface area (Å²) in [5, 5.41) is 18.2. The molecular weight excluding hydrogens is 316 g/mol. The van der Waals surface area contributed by atoms with Gasteiger partial charge in [-0.1, -0.05) is 48.5 Å². The minimum Gasteiger partial charge on any atom is -0.489 e. The van der Waals surface area contributed by atoms with Gasteiger partial charge in [0.1, 0.15) is 18.2 Å². The normalized spacial score (nSPS) is 10.6. The third-order valence-corrected chi connectivity index (χ3v) is 3.90. The highest BCUT2D eigenvalue weighted by Crippen LogP contribution is 2.23. The van der Waals surface area contributed by atoms with Crippen LogP contribution in [0.1, 0.15) is 16.7 Å². The molecular formula is C20H18N2O3. The summed E-state index contributed by atoms with van der Waals surface area (Å²) in [6, 6.07) is 18.7. The number of benzene rings is 3. The van der Waals surface area contributed by atoms with E-state index in [4.69, 9.17) is 21.0 Å². The van der Waals surface area contributed by atoms with E-state index in [1.807, 2.05) is 48.5 Å². The first-order valence-corrected chi connectivity index (χ1v) is 7.82. The summed E-state index contributed by atoms with van der Waals surface area (Å²) in [4.78, 5) is 10.8. The molecule has 3 rings (SSSR count). The van der Waals surface area contributed by atoms with Gasteiger partial charge in [-0.2, -0.15) is 0 Å². The Morgan fingerprint density at radius 2 is 1.60 bits per heavy atom. The van der Waals surface area contributed by atoms with E-state index in [9.17, 15) is 4.79 Å². The van der Waals surface area contributed by atoms with E-state index < -0.39 is 5.97 Å². The van der Waals surface area contributed by atoms with Crippen LogP contribution in [0.15, 0.2) is 60.7 Å². The number of ether oxygens (including phenoxy) is 1. The van der Waals surface area contributed by atoms with Gasteiger partial charge in [0.15, 0.2) is 0 Å². The molecule has 0 unspecified atom stereocenters. The molecule has 0 saturated carbocycles. The number of fused-ring (bicyclic) bond motifs is 1. The second kappa shape index (κ2) is 7.05. The predicted molar refractivity (Wildman–Crippen MR) is 97.1 cm³/mol. The lowest BCUT2D eigenvalue weighted by Crippen LogP contribution is -2.10. The first kappa shape index (κ1) is 16.5. The summed E-state index contributed by atoms with van der Waals surface area (Å²) in [6.45, 7) is 0.417. The highest BCUT2D eigenvalue weighted by Gasteiger charge is 2.04. The third kappa shape index (κ3) is 4.14. The van der Waals surface area contributed by atoms with E-state index in [2.05, 4.69) is 0 Å². The van der Waals surface area contributed by atoms with Crippen molar-refractivity contribution in [2.45, 2.75) is 13.0 Å². The average molecular weight is 334 g/mol. The van der Waals surface area contributed by atoms with Gasteiger partial charge in [-0.3, -0.25) is 10.2 Å². The van der Waals surface area contributed by atoms with Gasteiger partial charge in [0, 0.05) is 5.56 Å². The lowest BCUT2D eigenvalue weighted by Gasteiger charge is -2.09. The number of carboxylic acids is 1. The molecule has 0 atom stereocenters. The van der Waals surface area contributed by atoms with Crippen molar-refractivity contribution >= 4 is 22.6 Å². The largest absolute Gasteiger partial charge is 0.489 e. The number of hydrogen-bond donors (Lipinski definition) is 3. The maximum Gasteiger partial charge on any atom is 0.307 e. The fourth-order valence-electron chi connectivity index (χ4n) is 2.59. The first-order valence-electron chi connectivity index (χ1n) is 7.82. The molecule has 3 aromatic carbocycles. The van der Waals surface area contributed by atoms with Crippen molar-refractivity contribution in [1.29, 1.82) is 5.41 Å². The molecule has 25 heavy (non-hydrogen) atoms. The molecule has 0 aliphatic carbocycles. The van der Waals surface area contributed by atoms with E-state index in [0.29, 0.717) is 12.2 Å². The van der Waals surface area contributed by atoms with Crippen molar-refractivity contribution in [2.24, 2.45) is 5.73 Å². The molecule has 0 amide bonds. The van der Waals surface area contributed by atoms with Crippen molar-refractivity contribution < 1.29 is 14.6 Å². The van der Waals surface area contributed by atoms with E-state index >= 15 is 0 Å². The molecule has 3 aromatic rings. The van der Waals surface area contributed by atoms with Crippen LogP contribution < -0.4 is 10.5 Å². The standard InChI is InChI=1S/C20H18N2O3/c21-20(22)15-4-1-13(2-5-15)12-25-18-8-7-16-9-14(10-19(23)24)3-6-17(16)11-18/h1-9,11H,10,12H2,(H3,21,22)(H,23,24). The van der Waals surface area contributed by atoms with Gasteiger partial charge in [-0.25, -0.2) is 0 Å². The van der Waals surface area contributed by atoms with Crippen LogP contribution in [0.4, 0.5) is 0 Å². The van der Waals surface area contributed by atoms with Gasteiger partial charge >= 0.3 is 5.97 Å². The second-order valence-corrected chi connectivity index (χ2v) is 5.81. The molecule has 126 valence electrons. The fraction of sp³-hybridized carbons (Fsp3) is 0.100. The maximum atomic E-state index is 10.8. The molecule has 4 N–H and O–H groups in total. The van der Waals surface area contributed by atoms with E-state index in [0.717, 1.165) is 27.6 Å². The SMILES string of the molecule is N=C(N)c1ccc(COc2ccc3cc(CC(=O)O)ccc3c2)cc1. The number of hydrogen-bond acceptors (Lipinski definition) is 3. The Hall–Kier alpha value is -3.34. The van der Waals surface area contributed by atoms with Crippen LogP contribution in [0.25, 0.3) is 10.8 Å². The zero-order chi connectivity index (χ0) is 17.8. The van der Waals surface area contributed by atoms with Crippen molar-refractivity contribution in [2.75, 3.05) is 0 Å². The maximum absolute atomic E-state index is 10.8. The van der Waals surface area contributed by atoms with E-state index in [1.165, 1.54) is 0 Å². The zero-order valence-electron chi connectivity index (χ0n) is 13.5. The number of nitrogens with two attached hydrogens (primary N) is 1. The topological polar surface area (TPSA) is 96.4 Å². The van der Waals surface area contributed by atoms with Crippen molar-refractivity contribution in [1.82, 2.24) is 0 Å². The molecule has 0 saturated heterocycles. The number of nitrogens with one attached hydrogen (secondary N) is 1. The first-order chi connectivity index (χ1) is 12.0. The van der Waals surface area contributed by atoms with E-state index in [1.54, 1.807) is 12.1 Å². The predicted octanol–water partition coefficient (Wildman–Crippen LogP) is 3.33. The zero-order valence-corrected chi connectivity index (χ0v) is 13.5. The Labute approximate surface area is 145 Å². The lowest BCUT2D eigenvalue weighted by molar-refractivity contribution is -0.136. The molecule has 0 fully saturated rings. The summed E-state index contributed by atoms with van der Waals surface area (Å²) >= 11 is 0. The number of nitrogen functional groups attached to an aromatic ring is 1. The van der Waals surface area contributed by atoms with Gasteiger partial charge in [-0.15, -0.1) is 0 Å². The van der Waals surface area contributed by atoms with Crippen molar-refractivity contribution in [3.63, 3.8) is 0 Å². The number of amidine groups is 1. The number of rotatable bonds is 6. The molecule has 0 radical (unpaired) electrons. The number of aliphatic carboxylic acids is 1. The lowest BCUT2D eigenvalue weighted by atomic mass is 10.0. The van der Waals surface area contributed by atoms with Gasteiger partial charge in [-0.05, 0) is 34.0 Å². The van der Waals surface area contributed by atoms with E-state index in [-0.39, 0.29) is 12.3 Å². The average Bonchev–Trinajstić information content (AvgIpc) is 2.59. The van der Waals surface area contributed by atoms with Gasteiger partial charge < -0.3 is 15.6 Å². The van der Waals surface area contributed by atoms with Crippen molar-refractivity contribution in [3.05, 3.63) is 77.4 Å². The second-order valence-electron chi connectivity index (χ2n) is 5.81. The molecule has 0 heterocycles. The van der Waals surface area contributed by atoms with Crippen LogP contribution in [0.2, 0.25) is 0 Å². The Morgan fingerprint density at radius 1 is 0.960 bits per heavy atom. The highest BCUT2D eigenvalue weighted by molar-refractivity contribution is 5.94. The molecule has 0 spiro atoms. The van der Waals surface area contributed by atoms with Crippen LogP contribution in [0.5, 0.6) is 5.75 Å².